The Bertz CT molecular complexity index is 1860. The van der Waals surface area contributed by atoms with Crippen LogP contribution in [0.15, 0.2) is 113 Å². The van der Waals surface area contributed by atoms with E-state index in [1.165, 1.54) is 6.07 Å². The maximum absolute atomic E-state index is 13.6. The highest BCUT2D eigenvalue weighted by molar-refractivity contribution is 6.13. The Morgan fingerprint density at radius 2 is 1.69 bits per heavy atom. The van der Waals surface area contributed by atoms with Gasteiger partial charge >= 0.3 is 5.97 Å². The molecule has 0 bridgehead atoms. The van der Waals surface area contributed by atoms with Crippen LogP contribution in [0.1, 0.15) is 33.2 Å². The van der Waals surface area contributed by atoms with E-state index in [0.717, 1.165) is 16.9 Å². The lowest BCUT2D eigenvalue weighted by atomic mass is 10.1. The van der Waals surface area contributed by atoms with Crippen LogP contribution in [0.4, 0.5) is 0 Å². The van der Waals surface area contributed by atoms with Crippen molar-refractivity contribution in [3.8, 4) is 34.3 Å². The lowest BCUT2D eigenvalue weighted by Gasteiger charge is -2.07. The molecule has 6 rings (SSSR count). The van der Waals surface area contributed by atoms with Crippen molar-refractivity contribution in [3.63, 3.8) is 0 Å². The number of allylic oxidation sites excluding steroid dienone is 3. The first-order chi connectivity index (χ1) is 20.6. The zero-order valence-electron chi connectivity index (χ0n) is 23.0. The summed E-state index contributed by atoms with van der Waals surface area (Å²) in [5.74, 6) is 1.55. The molecule has 1 aliphatic rings. The van der Waals surface area contributed by atoms with E-state index in [4.69, 9.17) is 23.4 Å². The van der Waals surface area contributed by atoms with E-state index in [1.807, 2.05) is 67.6 Å². The number of furan rings is 1. The fraction of sp³-hybridized carbons (Fsp3) is 0.0857. The van der Waals surface area contributed by atoms with Crippen LogP contribution >= 0.6 is 0 Å². The first-order valence-electron chi connectivity index (χ1n) is 13.4. The van der Waals surface area contributed by atoms with E-state index in [2.05, 4.69) is 0 Å². The van der Waals surface area contributed by atoms with Crippen LogP contribution in [0.25, 0.3) is 28.4 Å². The summed E-state index contributed by atoms with van der Waals surface area (Å²) in [6, 6.07) is 26.9. The van der Waals surface area contributed by atoms with Gasteiger partial charge in [-0.25, -0.2) is 4.79 Å². The molecule has 0 saturated heterocycles. The van der Waals surface area contributed by atoms with Gasteiger partial charge in [-0.05, 0) is 49.4 Å². The summed E-state index contributed by atoms with van der Waals surface area (Å²) in [7, 11) is 1.60. The van der Waals surface area contributed by atoms with Crippen molar-refractivity contribution in [3.05, 3.63) is 126 Å². The molecule has 4 aromatic carbocycles. The number of hydrogen-bond donors (Lipinski definition) is 0. The van der Waals surface area contributed by atoms with Crippen LogP contribution in [0.3, 0.4) is 0 Å². The zero-order valence-corrected chi connectivity index (χ0v) is 23.0. The Kier molecular flexibility index (Phi) is 7.30. The van der Waals surface area contributed by atoms with E-state index in [0.29, 0.717) is 40.4 Å². The molecule has 0 aliphatic carbocycles. The summed E-state index contributed by atoms with van der Waals surface area (Å²) in [5, 5.41) is 0.574. The third kappa shape index (κ3) is 5.15. The van der Waals surface area contributed by atoms with E-state index < -0.39 is 5.97 Å². The van der Waals surface area contributed by atoms with Crippen molar-refractivity contribution in [2.75, 3.05) is 13.7 Å². The number of rotatable bonds is 8. The van der Waals surface area contributed by atoms with E-state index >= 15 is 0 Å². The molecule has 0 fully saturated rings. The van der Waals surface area contributed by atoms with Gasteiger partial charge in [0.1, 0.15) is 39.9 Å². The van der Waals surface area contributed by atoms with Gasteiger partial charge in [0.2, 0.25) is 5.78 Å². The minimum absolute atomic E-state index is 0.162. The lowest BCUT2D eigenvalue weighted by molar-refractivity contribution is 0.0736. The van der Waals surface area contributed by atoms with Crippen molar-refractivity contribution < 1.29 is 33.0 Å². The number of carbonyl (C=O) groups excluding carboxylic acids is 2. The molecule has 7 heteroatoms. The number of Topliss-reactive ketones (excluding diaryl/α,β-unsaturated/α-hetero) is 1. The summed E-state index contributed by atoms with van der Waals surface area (Å²) in [5.41, 5.74) is 2.79. The topological polar surface area (TPSA) is 84.2 Å². The van der Waals surface area contributed by atoms with Gasteiger partial charge in [0.05, 0.1) is 19.3 Å². The second kappa shape index (κ2) is 11.5. The molecular formula is C35H26O7. The van der Waals surface area contributed by atoms with Crippen molar-refractivity contribution >= 4 is 28.8 Å². The Balaban J connectivity index is 1.28. The fourth-order valence-corrected chi connectivity index (χ4v) is 4.78. The van der Waals surface area contributed by atoms with Crippen molar-refractivity contribution in [2.24, 2.45) is 0 Å². The zero-order chi connectivity index (χ0) is 29.1. The van der Waals surface area contributed by atoms with Crippen LogP contribution in [-0.2, 0) is 0 Å². The maximum atomic E-state index is 13.6. The molecule has 42 heavy (non-hydrogen) atoms. The number of para-hydroxylation sites is 1. The standard InChI is InChI=1S/C35H26O7/c1-3-39-24-17-19-29-27(20-24)32(34(42-29)23-11-5-4-6-12-23)35(37)40-25-16-18-26-31(21-25)41-30(33(26)36)15-9-13-22-10-7-8-14-28(22)38-2/h4-21H,3H2,1-2H3/b13-9+,30-15-. The molecule has 2 heterocycles. The molecule has 0 amide bonds. The number of methoxy groups -OCH3 is 1. The highest BCUT2D eigenvalue weighted by Gasteiger charge is 2.29. The van der Waals surface area contributed by atoms with Gasteiger partial charge < -0.3 is 23.4 Å². The van der Waals surface area contributed by atoms with Crippen molar-refractivity contribution in [2.45, 2.75) is 6.92 Å². The first-order valence-corrected chi connectivity index (χ1v) is 13.4. The highest BCUT2D eigenvalue weighted by atomic mass is 16.5. The Morgan fingerprint density at radius 1 is 0.905 bits per heavy atom. The van der Waals surface area contributed by atoms with Crippen LogP contribution in [0.5, 0.6) is 23.0 Å². The second-order valence-electron chi connectivity index (χ2n) is 9.37. The molecule has 5 aromatic rings. The van der Waals surface area contributed by atoms with Gasteiger partial charge in [-0.3, -0.25) is 4.79 Å². The van der Waals surface area contributed by atoms with Gasteiger partial charge in [-0.2, -0.15) is 0 Å². The van der Waals surface area contributed by atoms with Gasteiger partial charge in [0.25, 0.3) is 0 Å². The number of ketones is 1. The molecule has 7 nitrogen and oxygen atoms in total. The maximum Gasteiger partial charge on any atom is 0.348 e. The summed E-state index contributed by atoms with van der Waals surface area (Å²) >= 11 is 0. The summed E-state index contributed by atoms with van der Waals surface area (Å²) in [4.78, 5) is 26.6. The normalized spacial score (nSPS) is 13.4. The molecule has 0 radical (unpaired) electrons. The molecule has 0 N–H and O–H groups in total. The number of hydrogen-bond acceptors (Lipinski definition) is 7. The molecule has 208 valence electrons. The minimum atomic E-state index is -0.610. The van der Waals surface area contributed by atoms with Gasteiger partial charge in [0.15, 0.2) is 5.76 Å². The van der Waals surface area contributed by atoms with Crippen LogP contribution in [-0.4, -0.2) is 25.5 Å². The summed E-state index contributed by atoms with van der Waals surface area (Å²) in [6.07, 6.45) is 5.15. The number of carbonyl (C=O) groups is 2. The summed E-state index contributed by atoms with van der Waals surface area (Å²) < 4.78 is 28.8. The number of benzene rings is 4. The molecular weight excluding hydrogens is 532 g/mol. The average Bonchev–Trinajstić information content (AvgIpc) is 3.55. The SMILES string of the molecule is CCOc1ccc2oc(-c3ccccc3)c(C(=O)Oc3ccc4c(c3)O/C(=C\C=C\c3ccccc3OC)C4=O)c2c1. The number of fused-ring (bicyclic) bond motifs is 2. The molecule has 1 aliphatic heterocycles. The van der Waals surface area contributed by atoms with Crippen LogP contribution in [0, 0.1) is 0 Å². The molecule has 0 atom stereocenters. The van der Waals surface area contributed by atoms with E-state index in [1.54, 1.807) is 49.6 Å². The van der Waals surface area contributed by atoms with E-state index in [9.17, 15) is 9.59 Å². The van der Waals surface area contributed by atoms with Crippen LogP contribution < -0.4 is 18.9 Å². The summed E-state index contributed by atoms with van der Waals surface area (Å²) in [6.45, 7) is 2.37. The Morgan fingerprint density at radius 3 is 2.50 bits per heavy atom. The molecule has 1 aromatic heterocycles. The lowest BCUT2D eigenvalue weighted by Crippen LogP contribution is -2.09. The third-order valence-corrected chi connectivity index (χ3v) is 6.72. The van der Waals surface area contributed by atoms with Crippen LogP contribution in [0.2, 0.25) is 0 Å². The Hall–Kier alpha value is -5.56. The smallest absolute Gasteiger partial charge is 0.348 e. The monoisotopic (exact) mass is 558 g/mol. The fourth-order valence-electron chi connectivity index (χ4n) is 4.78. The predicted octanol–water partition coefficient (Wildman–Crippen LogP) is 7.90. The van der Waals surface area contributed by atoms with Gasteiger partial charge in [0, 0.05) is 22.6 Å². The average molecular weight is 559 g/mol. The minimum Gasteiger partial charge on any atom is -0.496 e. The van der Waals surface area contributed by atoms with Gasteiger partial charge in [-0.1, -0.05) is 60.7 Å². The largest absolute Gasteiger partial charge is 0.496 e. The number of ether oxygens (including phenoxy) is 4. The van der Waals surface area contributed by atoms with E-state index in [-0.39, 0.29) is 22.9 Å². The Labute approximate surface area is 242 Å². The molecule has 0 saturated carbocycles. The molecule has 0 spiro atoms. The second-order valence-corrected chi connectivity index (χ2v) is 9.37. The third-order valence-electron chi connectivity index (χ3n) is 6.72. The number of esters is 1. The predicted molar refractivity (Wildman–Crippen MR) is 159 cm³/mol. The van der Waals surface area contributed by atoms with Crippen molar-refractivity contribution in [1.82, 2.24) is 0 Å². The quantitative estimate of drug-likeness (QED) is 0.109. The van der Waals surface area contributed by atoms with Crippen molar-refractivity contribution in [1.29, 1.82) is 0 Å². The van der Waals surface area contributed by atoms with Gasteiger partial charge in [-0.15, -0.1) is 0 Å². The first kappa shape index (κ1) is 26.7. The highest BCUT2D eigenvalue weighted by Crippen LogP contribution is 2.38. The molecule has 0 unspecified atom stereocenters.